The van der Waals surface area contributed by atoms with Crippen LogP contribution in [0.2, 0.25) is 0 Å². The van der Waals surface area contributed by atoms with Crippen LogP contribution < -0.4 is 5.32 Å². The van der Waals surface area contributed by atoms with E-state index in [2.05, 4.69) is 31.0 Å². The largest absolute Gasteiger partial charge is 0.313 e. The van der Waals surface area contributed by atoms with E-state index in [1.54, 1.807) is 0 Å². The van der Waals surface area contributed by atoms with Crippen LogP contribution in [0.5, 0.6) is 0 Å². The highest BCUT2D eigenvalue weighted by atomic mass is 15.3. The molecule has 0 radical (unpaired) electrons. The lowest BCUT2D eigenvalue weighted by Gasteiger charge is -2.47. The monoisotopic (exact) mass is 168 g/mol. The third-order valence-electron chi connectivity index (χ3n) is 3.11. The second kappa shape index (κ2) is 2.71. The Morgan fingerprint density at radius 1 is 1.33 bits per heavy atom. The van der Waals surface area contributed by atoms with Gasteiger partial charge in [0.05, 0.1) is 0 Å². The molecule has 1 heterocycles. The van der Waals surface area contributed by atoms with Gasteiger partial charge >= 0.3 is 0 Å². The van der Waals surface area contributed by atoms with E-state index in [4.69, 9.17) is 0 Å². The highest BCUT2D eigenvalue weighted by Gasteiger charge is 2.42. The van der Waals surface area contributed by atoms with Crippen molar-refractivity contribution in [2.45, 2.75) is 51.2 Å². The Bertz CT molecular complexity index is 173. The SMILES string of the molecule is CC1CNCC(C)(C)N1C1CC1. The summed E-state index contributed by atoms with van der Waals surface area (Å²) in [7, 11) is 0. The molecule has 0 amide bonds. The van der Waals surface area contributed by atoms with Crippen LogP contribution in [0.1, 0.15) is 33.6 Å². The van der Waals surface area contributed by atoms with Crippen molar-refractivity contribution in [3.05, 3.63) is 0 Å². The molecule has 1 saturated carbocycles. The molecule has 0 aromatic rings. The van der Waals surface area contributed by atoms with Crippen molar-refractivity contribution in [2.75, 3.05) is 13.1 Å². The third kappa shape index (κ3) is 1.38. The minimum atomic E-state index is 0.374. The molecular weight excluding hydrogens is 148 g/mol. The topological polar surface area (TPSA) is 15.3 Å². The summed E-state index contributed by atoms with van der Waals surface area (Å²) >= 11 is 0. The molecule has 1 N–H and O–H groups in total. The smallest absolute Gasteiger partial charge is 0.0283 e. The molecular formula is C10H20N2. The van der Waals surface area contributed by atoms with Crippen LogP contribution in [0.3, 0.4) is 0 Å². The van der Waals surface area contributed by atoms with Crippen molar-refractivity contribution in [1.29, 1.82) is 0 Å². The first-order valence-electron chi connectivity index (χ1n) is 5.10. The molecule has 1 saturated heterocycles. The summed E-state index contributed by atoms with van der Waals surface area (Å²) in [6.45, 7) is 9.36. The van der Waals surface area contributed by atoms with Crippen molar-refractivity contribution in [2.24, 2.45) is 0 Å². The Morgan fingerprint density at radius 3 is 2.50 bits per heavy atom. The van der Waals surface area contributed by atoms with Crippen LogP contribution >= 0.6 is 0 Å². The van der Waals surface area contributed by atoms with Gasteiger partial charge in [0.25, 0.3) is 0 Å². The molecule has 70 valence electrons. The summed E-state index contributed by atoms with van der Waals surface area (Å²) in [5.41, 5.74) is 0.374. The van der Waals surface area contributed by atoms with Crippen molar-refractivity contribution < 1.29 is 0 Å². The lowest BCUT2D eigenvalue weighted by Crippen LogP contribution is -2.62. The number of nitrogens with zero attached hydrogens (tertiary/aromatic N) is 1. The highest BCUT2D eigenvalue weighted by molar-refractivity contribution is 5.00. The Kier molecular flexibility index (Phi) is 1.92. The van der Waals surface area contributed by atoms with Crippen molar-refractivity contribution in [3.8, 4) is 0 Å². The van der Waals surface area contributed by atoms with E-state index in [0.29, 0.717) is 5.54 Å². The van der Waals surface area contributed by atoms with Gasteiger partial charge in [-0.3, -0.25) is 4.90 Å². The number of hydrogen-bond acceptors (Lipinski definition) is 2. The standard InChI is InChI=1S/C10H20N2/c1-8-6-11-7-10(2,3)12(8)9-4-5-9/h8-9,11H,4-7H2,1-3H3. The Morgan fingerprint density at radius 2 is 2.00 bits per heavy atom. The number of nitrogens with one attached hydrogen (secondary N) is 1. The maximum atomic E-state index is 3.50. The summed E-state index contributed by atoms with van der Waals surface area (Å²) < 4.78 is 0. The fraction of sp³-hybridized carbons (Fsp3) is 1.00. The minimum absolute atomic E-state index is 0.374. The van der Waals surface area contributed by atoms with E-state index in [9.17, 15) is 0 Å². The molecule has 2 fully saturated rings. The van der Waals surface area contributed by atoms with E-state index in [1.165, 1.54) is 19.4 Å². The quantitative estimate of drug-likeness (QED) is 0.633. The molecule has 2 heteroatoms. The third-order valence-corrected chi connectivity index (χ3v) is 3.11. The molecule has 1 unspecified atom stereocenters. The molecule has 1 aliphatic heterocycles. The molecule has 0 bridgehead atoms. The normalized spacial score (nSPS) is 36.8. The highest BCUT2D eigenvalue weighted by Crippen LogP contribution is 2.35. The summed E-state index contributed by atoms with van der Waals surface area (Å²) in [6.07, 6.45) is 2.85. The number of piperazine rings is 1. The zero-order valence-electron chi connectivity index (χ0n) is 8.43. The zero-order valence-corrected chi connectivity index (χ0v) is 8.43. The van der Waals surface area contributed by atoms with Crippen molar-refractivity contribution in [1.82, 2.24) is 10.2 Å². The van der Waals surface area contributed by atoms with E-state index in [-0.39, 0.29) is 0 Å². The van der Waals surface area contributed by atoms with Crippen LogP contribution in [0.4, 0.5) is 0 Å². The predicted molar refractivity (Wildman–Crippen MR) is 51.3 cm³/mol. The Balaban J connectivity index is 2.10. The average molecular weight is 168 g/mol. The van der Waals surface area contributed by atoms with E-state index >= 15 is 0 Å². The van der Waals surface area contributed by atoms with Gasteiger partial charge in [0.15, 0.2) is 0 Å². The summed E-state index contributed by atoms with van der Waals surface area (Å²) in [4.78, 5) is 2.71. The molecule has 2 nitrogen and oxygen atoms in total. The second-order valence-corrected chi connectivity index (χ2v) is 4.93. The van der Waals surface area contributed by atoms with E-state index < -0.39 is 0 Å². The first-order valence-corrected chi connectivity index (χ1v) is 5.10. The van der Waals surface area contributed by atoms with Gasteiger partial charge in [0, 0.05) is 30.7 Å². The molecule has 0 aromatic carbocycles. The molecule has 12 heavy (non-hydrogen) atoms. The Labute approximate surface area is 75.3 Å². The lowest BCUT2D eigenvalue weighted by atomic mass is 9.96. The second-order valence-electron chi connectivity index (χ2n) is 4.93. The molecule has 0 spiro atoms. The van der Waals surface area contributed by atoms with Crippen LogP contribution in [0, 0.1) is 0 Å². The molecule has 2 rings (SSSR count). The Hall–Kier alpha value is -0.0800. The average Bonchev–Trinajstić information content (AvgIpc) is 2.68. The van der Waals surface area contributed by atoms with Crippen LogP contribution in [0.25, 0.3) is 0 Å². The van der Waals surface area contributed by atoms with Gasteiger partial charge in [0.1, 0.15) is 0 Å². The first-order chi connectivity index (χ1) is 5.61. The van der Waals surface area contributed by atoms with Gasteiger partial charge in [-0.05, 0) is 33.6 Å². The predicted octanol–water partition coefficient (Wildman–Crippen LogP) is 1.22. The lowest BCUT2D eigenvalue weighted by molar-refractivity contribution is 0.0372. The van der Waals surface area contributed by atoms with E-state index in [0.717, 1.165) is 18.6 Å². The van der Waals surface area contributed by atoms with Gasteiger partial charge in [-0.15, -0.1) is 0 Å². The maximum absolute atomic E-state index is 3.50. The van der Waals surface area contributed by atoms with Gasteiger partial charge < -0.3 is 5.32 Å². The first kappa shape index (κ1) is 8.52. The van der Waals surface area contributed by atoms with Crippen LogP contribution in [-0.4, -0.2) is 35.6 Å². The van der Waals surface area contributed by atoms with Crippen LogP contribution in [-0.2, 0) is 0 Å². The molecule has 0 aromatic heterocycles. The molecule has 1 atom stereocenters. The fourth-order valence-corrected chi connectivity index (χ4v) is 2.58. The maximum Gasteiger partial charge on any atom is 0.0283 e. The minimum Gasteiger partial charge on any atom is -0.313 e. The summed E-state index contributed by atoms with van der Waals surface area (Å²) in [6, 6.07) is 1.62. The summed E-state index contributed by atoms with van der Waals surface area (Å²) in [5, 5.41) is 3.50. The van der Waals surface area contributed by atoms with Gasteiger partial charge in [-0.25, -0.2) is 0 Å². The number of hydrogen-bond donors (Lipinski definition) is 1. The van der Waals surface area contributed by atoms with Gasteiger partial charge in [-0.2, -0.15) is 0 Å². The van der Waals surface area contributed by atoms with E-state index in [1.807, 2.05) is 0 Å². The summed E-state index contributed by atoms with van der Waals surface area (Å²) in [5.74, 6) is 0. The molecule has 2 aliphatic rings. The van der Waals surface area contributed by atoms with Gasteiger partial charge in [-0.1, -0.05) is 0 Å². The van der Waals surface area contributed by atoms with Crippen molar-refractivity contribution in [3.63, 3.8) is 0 Å². The van der Waals surface area contributed by atoms with Gasteiger partial charge in [0.2, 0.25) is 0 Å². The molecule has 1 aliphatic carbocycles. The van der Waals surface area contributed by atoms with Crippen LogP contribution in [0.15, 0.2) is 0 Å². The number of rotatable bonds is 1. The zero-order chi connectivity index (χ0) is 8.77. The fourth-order valence-electron chi connectivity index (χ4n) is 2.58. The van der Waals surface area contributed by atoms with Crippen molar-refractivity contribution >= 4 is 0 Å².